The number of hydrogen-bond acceptors (Lipinski definition) is 3. The Morgan fingerprint density at radius 3 is 1.53 bits per heavy atom. The molecular formula is C52H31N3. The zero-order chi connectivity index (χ0) is 36.1. The molecule has 0 saturated carbocycles. The molecule has 9 aromatic carbocycles. The summed E-state index contributed by atoms with van der Waals surface area (Å²) in [5, 5.41) is 7.00. The third-order valence-corrected chi connectivity index (χ3v) is 11.9. The minimum atomic E-state index is -0.401. The fraction of sp³-hybridized carbons (Fsp3) is 0.0192. The molecule has 2 aliphatic rings. The minimum Gasteiger partial charge on any atom is -0.208 e. The summed E-state index contributed by atoms with van der Waals surface area (Å²) in [6.07, 6.45) is 0. The molecule has 254 valence electrons. The van der Waals surface area contributed by atoms with Crippen molar-refractivity contribution in [3.05, 3.63) is 210 Å². The highest BCUT2D eigenvalue weighted by Gasteiger charge is 2.51. The maximum absolute atomic E-state index is 5.40. The summed E-state index contributed by atoms with van der Waals surface area (Å²) in [7, 11) is 0. The maximum atomic E-state index is 5.40. The highest BCUT2D eigenvalue weighted by molar-refractivity contribution is 6.19. The maximum Gasteiger partial charge on any atom is 0.165 e. The second kappa shape index (κ2) is 11.4. The third-order valence-electron chi connectivity index (χ3n) is 11.9. The van der Waals surface area contributed by atoms with E-state index in [9.17, 15) is 0 Å². The van der Waals surface area contributed by atoms with Crippen LogP contribution in [0.15, 0.2) is 188 Å². The van der Waals surface area contributed by atoms with Gasteiger partial charge in [0.15, 0.2) is 17.5 Å². The van der Waals surface area contributed by atoms with Gasteiger partial charge in [-0.15, -0.1) is 0 Å². The van der Waals surface area contributed by atoms with Crippen LogP contribution in [-0.2, 0) is 5.41 Å². The zero-order valence-corrected chi connectivity index (χ0v) is 29.7. The standard InChI is InChI=1S/C52H31N3/c1-2-15-33(16-3-1)49-53-50(55-51(54-49)48-37-19-7-5-17-34(37)30-42-36-18-6-4-14-32(36)26-28-41(42)48)35-27-29-47-43(31-35)40-22-10-13-25-46(40)52(47)44-23-11-8-20-38(44)39-21-9-12-24-45(39)52/h1-31H. The number of benzene rings is 9. The van der Waals surface area contributed by atoms with E-state index in [0.29, 0.717) is 17.5 Å². The van der Waals surface area contributed by atoms with E-state index in [-0.39, 0.29) is 0 Å². The predicted molar refractivity (Wildman–Crippen MR) is 225 cm³/mol. The summed E-state index contributed by atoms with van der Waals surface area (Å²) < 4.78 is 0. The van der Waals surface area contributed by atoms with Gasteiger partial charge in [-0.25, -0.2) is 15.0 Å². The Morgan fingerprint density at radius 2 is 0.818 bits per heavy atom. The van der Waals surface area contributed by atoms with Crippen molar-refractivity contribution in [1.82, 2.24) is 15.0 Å². The molecule has 3 heteroatoms. The second-order valence-electron chi connectivity index (χ2n) is 14.7. The Hall–Kier alpha value is -7.23. The fourth-order valence-corrected chi connectivity index (χ4v) is 9.63. The van der Waals surface area contributed by atoms with Crippen LogP contribution >= 0.6 is 0 Å². The van der Waals surface area contributed by atoms with Crippen molar-refractivity contribution in [2.45, 2.75) is 5.41 Å². The molecule has 0 amide bonds. The Kier molecular flexibility index (Phi) is 6.26. The molecule has 0 unspecified atom stereocenters. The van der Waals surface area contributed by atoms with Gasteiger partial charge in [-0.3, -0.25) is 0 Å². The van der Waals surface area contributed by atoms with E-state index in [4.69, 9.17) is 15.0 Å². The molecule has 1 aromatic heterocycles. The first-order chi connectivity index (χ1) is 27.3. The molecule has 0 bridgehead atoms. The van der Waals surface area contributed by atoms with Crippen LogP contribution in [0.5, 0.6) is 0 Å². The lowest BCUT2D eigenvalue weighted by Crippen LogP contribution is -2.25. The van der Waals surface area contributed by atoms with Crippen molar-refractivity contribution in [3.63, 3.8) is 0 Å². The highest BCUT2D eigenvalue weighted by Crippen LogP contribution is 2.62. The number of nitrogens with zero attached hydrogens (tertiary/aromatic N) is 3. The molecular weight excluding hydrogens is 667 g/mol. The summed E-state index contributed by atoms with van der Waals surface area (Å²) in [6, 6.07) is 67.9. The Balaban J connectivity index is 1.13. The van der Waals surface area contributed by atoms with Gasteiger partial charge in [0.1, 0.15) is 0 Å². The molecule has 0 saturated heterocycles. The number of aromatic nitrogens is 3. The lowest BCUT2D eigenvalue weighted by atomic mass is 9.70. The largest absolute Gasteiger partial charge is 0.208 e. The Labute approximate surface area is 318 Å². The molecule has 2 aliphatic carbocycles. The van der Waals surface area contributed by atoms with Gasteiger partial charge in [0, 0.05) is 16.7 Å². The average molecular weight is 698 g/mol. The predicted octanol–water partition coefficient (Wildman–Crippen LogP) is 12.7. The molecule has 0 N–H and O–H groups in total. The van der Waals surface area contributed by atoms with Crippen LogP contribution in [0, 0.1) is 0 Å². The Morgan fingerprint density at radius 1 is 0.291 bits per heavy atom. The summed E-state index contributed by atoms with van der Waals surface area (Å²) in [5.74, 6) is 1.97. The van der Waals surface area contributed by atoms with Crippen LogP contribution in [-0.4, -0.2) is 15.0 Å². The first kappa shape index (κ1) is 30.3. The second-order valence-corrected chi connectivity index (χ2v) is 14.7. The van der Waals surface area contributed by atoms with Gasteiger partial charge < -0.3 is 0 Å². The number of rotatable bonds is 3. The van der Waals surface area contributed by atoms with Gasteiger partial charge in [0.2, 0.25) is 0 Å². The summed E-state index contributed by atoms with van der Waals surface area (Å²) in [4.78, 5) is 15.9. The van der Waals surface area contributed by atoms with Gasteiger partial charge >= 0.3 is 0 Å². The van der Waals surface area contributed by atoms with Crippen molar-refractivity contribution in [2.75, 3.05) is 0 Å². The van der Waals surface area contributed by atoms with E-state index in [0.717, 1.165) is 32.8 Å². The van der Waals surface area contributed by atoms with E-state index in [1.54, 1.807) is 0 Å². The molecule has 3 nitrogen and oxygen atoms in total. The van der Waals surface area contributed by atoms with E-state index < -0.39 is 5.41 Å². The minimum absolute atomic E-state index is 0.401. The first-order valence-electron chi connectivity index (χ1n) is 18.9. The van der Waals surface area contributed by atoms with Gasteiger partial charge in [-0.1, -0.05) is 176 Å². The molecule has 12 rings (SSSR count). The van der Waals surface area contributed by atoms with Crippen LogP contribution in [0.25, 0.3) is 88.7 Å². The lowest BCUT2D eigenvalue weighted by Gasteiger charge is -2.30. The molecule has 1 spiro atoms. The molecule has 0 aliphatic heterocycles. The topological polar surface area (TPSA) is 38.7 Å². The van der Waals surface area contributed by atoms with Crippen LogP contribution < -0.4 is 0 Å². The highest BCUT2D eigenvalue weighted by atomic mass is 15.0. The normalized spacial score (nSPS) is 13.2. The number of fused-ring (bicyclic) bond motifs is 14. The molecule has 10 aromatic rings. The van der Waals surface area contributed by atoms with Crippen LogP contribution in [0.1, 0.15) is 22.3 Å². The van der Waals surface area contributed by atoms with Crippen molar-refractivity contribution >= 4 is 32.3 Å². The molecule has 0 radical (unpaired) electrons. The third kappa shape index (κ3) is 4.18. The van der Waals surface area contributed by atoms with Gasteiger partial charge in [-0.05, 0) is 89.0 Å². The SMILES string of the molecule is c1ccc(-c2nc(-c3ccc4c(c3)-c3ccccc3C43c4ccccc4-c4ccccc43)nc(-c3c4ccccc4cc4c3ccc3ccccc34)n2)cc1. The van der Waals surface area contributed by atoms with Crippen LogP contribution in [0.3, 0.4) is 0 Å². The van der Waals surface area contributed by atoms with Gasteiger partial charge in [0.25, 0.3) is 0 Å². The zero-order valence-electron chi connectivity index (χ0n) is 29.7. The van der Waals surface area contributed by atoms with Gasteiger partial charge in [0.05, 0.1) is 5.41 Å². The van der Waals surface area contributed by atoms with Crippen molar-refractivity contribution < 1.29 is 0 Å². The quantitative estimate of drug-likeness (QED) is 0.136. The van der Waals surface area contributed by atoms with Crippen molar-refractivity contribution in [1.29, 1.82) is 0 Å². The first-order valence-corrected chi connectivity index (χ1v) is 18.9. The summed E-state index contributed by atoms with van der Waals surface area (Å²) in [6.45, 7) is 0. The molecule has 0 atom stereocenters. The summed E-state index contributed by atoms with van der Waals surface area (Å²) in [5.41, 5.74) is 12.9. The average Bonchev–Trinajstić information content (AvgIpc) is 3.73. The van der Waals surface area contributed by atoms with E-state index >= 15 is 0 Å². The number of hydrogen-bond donors (Lipinski definition) is 0. The van der Waals surface area contributed by atoms with Crippen LogP contribution in [0.4, 0.5) is 0 Å². The summed E-state index contributed by atoms with van der Waals surface area (Å²) >= 11 is 0. The fourth-order valence-electron chi connectivity index (χ4n) is 9.63. The monoisotopic (exact) mass is 697 g/mol. The van der Waals surface area contributed by atoms with Crippen molar-refractivity contribution in [2.24, 2.45) is 0 Å². The van der Waals surface area contributed by atoms with E-state index in [1.807, 2.05) is 18.2 Å². The van der Waals surface area contributed by atoms with E-state index in [2.05, 4.69) is 170 Å². The molecule has 1 heterocycles. The van der Waals surface area contributed by atoms with E-state index in [1.165, 1.54) is 60.7 Å². The molecule has 55 heavy (non-hydrogen) atoms. The van der Waals surface area contributed by atoms with Crippen LogP contribution in [0.2, 0.25) is 0 Å². The van der Waals surface area contributed by atoms with Gasteiger partial charge in [-0.2, -0.15) is 0 Å². The van der Waals surface area contributed by atoms with Crippen molar-refractivity contribution in [3.8, 4) is 56.4 Å². The lowest BCUT2D eigenvalue weighted by molar-refractivity contribution is 0.794. The Bertz CT molecular complexity index is 3170. The smallest absolute Gasteiger partial charge is 0.165 e. The molecule has 0 fully saturated rings.